The molecule has 2 aliphatic rings. The maximum atomic E-state index is 12.8. The first-order valence-electron chi connectivity index (χ1n) is 10.0. The summed E-state index contributed by atoms with van der Waals surface area (Å²) >= 11 is 0. The van der Waals surface area contributed by atoms with Crippen molar-refractivity contribution in [3.8, 4) is 0 Å². The van der Waals surface area contributed by atoms with Crippen molar-refractivity contribution < 1.29 is 9.59 Å². The zero-order chi connectivity index (χ0) is 17.7. The molecule has 0 radical (unpaired) electrons. The van der Waals surface area contributed by atoms with Crippen LogP contribution in [0.3, 0.4) is 0 Å². The molecule has 2 aliphatic carbocycles. The molecule has 4 nitrogen and oxygen atoms in total. The summed E-state index contributed by atoms with van der Waals surface area (Å²) in [5, 5.41) is 6.29. The van der Waals surface area contributed by atoms with E-state index in [1.54, 1.807) is 0 Å². The van der Waals surface area contributed by atoms with Gasteiger partial charge < -0.3 is 10.6 Å². The van der Waals surface area contributed by atoms with E-state index in [-0.39, 0.29) is 29.7 Å². The van der Waals surface area contributed by atoms with Gasteiger partial charge in [-0.05, 0) is 37.0 Å². The minimum atomic E-state index is -0.413. The van der Waals surface area contributed by atoms with E-state index in [0.717, 1.165) is 32.1 Å². The molecular weight excluding hydrogens is 300 g/mol. The SMILES string of the molecule is CC(C)[C@@H](NC(=O)C1CCCCC1)C(=O)N[C@H]1CCC[C@@H](C)[C@@H]1C. The molecular formula is C20H36N2O2. The summed E-state index contributed by atoms with van der Waals surface area (Å²) in [5.41, 5.74) is 0. The van der Waals surface area contributed by atoms with Crippen molar-refractivity contribution in [3.63, 3.8) is 0 Å². The number of amides is 2. The van der Waals surface area contributed by atoms with E-state index in [1.165, 1.54) is 19.3 Å². The molecule has 0 aliphatic heterocycles. The summed E-state index contributed by atoms with van der Waals surface area (Å²) in [6, 6.07) is -0.169. The van der Waals surface area contributed by atoms with Gasteiger partial charge >= 0.3 is 0 Å². The molecule has 0 unspecified atom stereocenters. The van der Waals surface area contributed by atoms with E-state index in [1.807, 2.05) is 13.8 Å². The number of nitrogens with one attached hydrogen (secondary N) is 2. The minimum absolute atomic E-state index is 0.000101. The second kappa shape index (κ2) is 8.87. The molecule has 2 fully saturated rings. The van der Waals surface area contributed by atoms with Crippen molar-refractivity contribution in [2.24, 2.45) is 23.7 Å². The van der Waals surface area contributed by atoms with E-state index in [4.69, 9.17) is 0 Å². The van der Waals surface area contributed by atoms with Gasteiger partial charge in [-0.15, -0.1) is 0 Å². The van der Waals surface area contributed by atoms with E-state index < -0.39 is 6.04 Å². The van der Waals surface area contributed by atoms with Crippen LogP contribution in [0.5, 0.6) is 0 Å². The summed E-state index contributed by atoms with van der Waals surface area (Å²) in [5.74, 6) is 1.44. The summed E-state index contributed by atoms with van der Waals surface area (Å²) < 4.78 is 0. The first-order chi connectivity index (χ1) is 11.4. The zero-order valence-electron chi connectivity index (χ0n) is 15.9. The minimum Gasteiger partial charge on any atom is -0.351 e. The van der Waals surface area contributed by atoms with Crippen LogP contribution in [0.25, 0.3) is 0 Å². The Kier molecular flexibility index (Phi) is 7.12. The Balaban J connectivity index is 1.93. The smallest absolute Gasteiger partial charge is 0.243 e. The van der Waals surface area contributed by atoms with Crippen LogP contribution < -0.4 is 10.6 Å². The van der Waals surface area contributed by atoms with Crippen molar-refractivity contribution >= 4 is 11.8 Å². The lowest BCUT2D eigenvalue weighted by Crippen LogP contribution is -2.55. The molecule has 2 rings (SSSR count). The third-order valence-electron chi connectivity index (χ3n) is 6.26. The van der Waals surface area contributed by atoms with Gasteiger partial charge in [-0.1, -0.05) is 59.8 Å². The molecule has 0 saturated heterocycles. The third kappa shape index (κ3) is 4.97. The summed E-state index contributed by atoms with van der Waals surface area (Å²) in [6.45, 7) is 8.53. The largest absolute Gasteiger partial charge is 0.351 e. The Hall–Kier alpha value is -1.06. The van der Waals surface area contributed by atoms with Crippen LogP contribution in [0.2, 0.25) is 0 Å². The average molecular weight is 337 g/mol. The second-order valence-corrected chi connectivity index (χ2v) is 8.45. The predicted molar refractivity (Wildman–Crippen MR) is 97.5 cm³/mol. The summed E-state index contributed by atoms with van der Waals surface area (Å²) in [4.78, 5) is 25.3. The summed E-state index contributed by atoms with van der Waals surface area (Å²) in [6.07, 6.45) is 8.91. The molecule has 24 heavy (non-hydrogen) atoms. The molecule has 0 spiro atoms. The van der Waals surface area contributed by atoms with Gasteiger partial charge in [-0.25, -0.2) is 0 Å². The Morgan fingerprint density at radius 1 is 0.917 bits per heavy atom. The van der Waals surface area contributed by atoms with Crippen LogP contribution >= 0.6 is 0 Å². The lowest BCUT2D eigenvalue weighted by molar-refractivity contribution is -0.133. The monoisotopic (exact) mass is 336 g/mol. The number of hydrogen-bond donors (Lipinski definition) is 2. The van der Waals surface area contributed by atoms with Gasteiger partial charge in [0.25, 0.3) is 0 Å². The van der Waals surface area contributed by atoms with Crippen molar-refractivity contribution in [2.45, 2.75) is 91.1 Å². The first kappa shape index (κ1) is 19.3. The molecule has 0 heterocycles. The normalized spacial score (nSPS) is 30.0. The van der Waals surface area contributed by atoms with Gasteiger partial charge in [0.05, 0.1) is 0 Å². The molecule has 0 aromatic heterocycles. The Morgan fingerprint density at radius 3 is 2.21 bits per heavy atom. The molecule has 0 aromatic carbocycles. The van der Waals surface area contributed by atoms with Gasteiger partial charge in [0.2, 0.25) is 11.8 Å². The Labute approximate surface area is 147 Å². The van der Waals surface area contributed by atoms with Gasteiger partial charge in [0.15, 0.2) is 0 Å². The van der Waals surface area contributed by atoms with Gasteiger partial charge in [-0.3, -0.25) is 9.59 Å². The van der Waals surface area contributed by atoms with Crippen molar-refractivity contribution in [2.75, 3.05) is 0 Å². The molecule has 4 atom stereocenters. The van der Waals surface area contributed by atoms with E-state index in [2.05, 4.69) is 24.5 Å². The van der Waals surface area contributed by atoms with Crippen molar-refractivity contribution in [1.82, 2.24) is 10.6 Å². The predicted octanol–water partition coefficient (Wildman–Crippen LogP) is 3.65. The number of hydrogen-bond acceptors (Lipinski definition) is 2. The lowest BCUT2D eigenvalue weighted by atomic mass is 9.78. The number of rotatable bonds is 5. The molecule has 4 heteroatoms. The highest BCUT2D eigenvalue weighted by Gasteiger charge is 2.33. The van der Waals surface area contributed by atoms with Crippen LogP contribution in [0, 0.1) is 23.7 Å². The Bertz CT molecular complexity index is 429. The van der Waals surface area contributed by atoms with Crippen LogP contribution in [0.15, 0.2) is 0 Å². The van der Waals surface area contributed by atoms with Gasteiger partial charge in [0, 0.05) is 12.0 Å². The number of carbonyl (C=O) groups excluding carboxylic acids is 2. The van der Waals surface area contributed by atoms with Crippen LogP contribution in [0.1, 0.15) is 79.1 Å². The Morgan fingerprint density at radius 2 is 1.58 bits per heavy atom. The fourth-order valence-corrected chi connectivity index (χ4v) is 4.23. The molecule has 0 aromatic rings. The standard InChI is InChI=1S/C20H36N2O2/c1-13(2)18(22-19(23)16-10-6-5-7-11-16)20(24)21-17-12-8-9-14(3)15(17)4/h13-18H,5-12H2,1-4H3,(H,21,24)(H,22,23)/t14-,15+,17+,18-/m1/s1. The maximum Gasteiger partial charge on any atom is 0.243 e. The van der Waals surface area contributed by atoms with Crippen molar-refractivity contribution in [3.05, 3.63) is 0 Å². The zero-order valence-corrected chi connectivity index (χ0v) is 15.9. The molecule has 2 saturated carbocycles. The van der Waals surface area contributed by atoms with Gasteiger partial charge in [-0.2, -0.15) is 0 Å². The van der Waals surface area contributed by atoms with Crippen molar-refractivity contribution in [1.29, 1.82) is 0 Å². The second-order valence-electron chi connectivity index (χ2n) is 8.45. The fourth-order valence-electron chi connectivity index (χ4n) is 4.23. The third-order valence-corrected chi connectivity index (χ3v) is 6.26. The molecule has 0 bridgehead atoms. The van der Waals surface area contributed by atoms with Crippen LogP contribution in [-0.2, 0) is 9.59 Å². The van der Waals surface area contributed by atoms with Crippen LogP contribution in [0.4, 0.5) is 0 Å². The highest BCUT2D eigenvalue weighted by molar-refractivity contribution is 5.88. The van der Waals surface area contributed by atoms with E-state index in [9.17, 15) is 9.59 Å². The molecule has 138 valence electrons. The van der Waals surface area contributed by atoms with E-state index >= 15 is 0 Å². The average Bonchev–Trinajstić information content (AvgIpc) is 2.57. The molecule has 2 amide bonds. The fraction of sp³-hybridized carbons (Fsp3) is 0.900. The highest BCUT2D eigenvalue weighted by atomic mass is 16.2. The van der Waals surface area contributed by atoms with Gasteiger partial charge in [0.1, 0.15) is 6.04 Å². The summed E-state index contributed by atoms with van der Waals surface area (Å²) in [7, 11) is 0. The quantitative estimate of drug-likeness (QED) is 0.805. The van der Waals surface area contributed by atoms with E-state index in [0.29, 0.717) is 11.8 Å². The molecule has 2 N–H and O–H groups in total. The topological polar surface area (TPSA) is 58.2 Å². The van der Waals surface area contributed by atoms with Crippen LogP contribution in [-0.4, -0.2) is 23.9 Å². The highest BCUT2D eigenvalue weighted by Crippen LogP contribution is 2.29. The maximum absolute atomic E-state index is 12.8. The number of carbonyl (C=O) groups is 2. The lowest BCUT2D eigenvalue weighted by Gasteiger charge is -2.36. The first-order valence-corrected chi connectivity index (χ1v) is 10.0.